The summed E-state index contributed by atoms with van der Waals surface area (Å²) in [4.78, 5) is 9.19. The van der Waals surface area contributed by atoms with Gasteiger partial charge in [0, 0.05) is 5.41 Å². The van der Waals surface area contributed by atoms with Crippen molar-refractivity contribution in [2.24, 2.45) is 56.1 Å². The topological polar surface area (TPSA) is 126 Å². The molecule has 0 aromatic heterocycles. The van der Waals surface area contributed by atoms with E-state index in [2.05, 4.69) is 30.1 Å². The van der Waals surface area contributed by atoms with Crippen LogP contribution in [-0.4, -0.2) is 40.3 Å². The lowest BCUT2D eigenvalue weighted by atomic mass is 9.43. The summed E-state index contributed by atoms with van der Waals surface area (Å²) in [6.45, 7) is 8.54. The van der Waals surface area contributed by atoms with E-state index in [0.717, 1.165) is 56.9 Å². The zero-order chi connectivity index (χ0) is 24.0. The van der Waals surface area contributed by atoms with Crippen molar-refractivity contribution in [3.8, 4) is 0 Å². The predicted octanol–water partition coefficient (Wildman–Crippen LogP) is 3.69. The number of hydrogen-bond donors (Lipinski definition) is 4. The van der Waals surface area contributed by atoms with Crippen molar-refractivity contribution >= 4 is 12.2 Å². The number of guanidine groups is 1. The summed E-state index contributed by atoms with van der Waals surface area (Å²) in [6.07, 6.45) is 12.7. The molecule has 0 saturated heterocycles. The normalized spacial score (nSPS) is 46.2. The van der Waals surface area contributed by atoms with E-state index in [4.69, 9.17) is 16.3 Å². The van der Waals surface area contributed by atoms with Gasteiger partial charge in [0.05, 0.1) is 17.9 Å². The molecule has 6 N–H and O–H groups in total. The van der Waals surface area contributed by atoms with Gasteiger partial charge in [0.15, 0.2) is 5.96 Å². The van der Waals surface area contributed by atoms with Gasteiger partial charge in [-0.25, -0.2) is 4.99 Å². The van der Waals surface area contributed by atoms with Gasteiger partial charge in [-0.2, -0.15) is 0 Å². The molecule has 0 radical (unpaired) electrons. The van der Waals surface area contributed by atoms with Gasteiger partial charge in [-0.1, -0.05) is 25.1 Å². The first kappa shape index (κ1) is 24.5. The number of fused-ring (bicyclic) bond motifs is 5. The van der Waals surface area contributed by atoms with Gasteiger partial charge < -0.3 is 26.5 Å². The van der Waals surface area contributed by atoms with Crippen molar-refractivity contribution in [3.63, 3.8) is 0 Å². The molecule has 0 aromatic rings. The Hall–Kier alpha value is -1.60. The van der Waals surface area contributed by atoms with Crippen LogP contribution >= 0.6 is 0 Å². The number of aliphatic hydroxyl groups excluding tert-OH is 1. The van der Waals surface area contributed by atoms with Crippen LogP contribution in [0.2, 0.25) is 0 Å². The minimum atomic E-state index is -0.614. The van der Waals surface area contributed by atoms with Crippen molar-refractivity contribution in [3.05, 3.63) is 11.6 Å². The molecule has 0 bridgehead atoms. The molecule has 4 aliphatic carbocycles. The van der Waals surface area contributed by atoms with E-state index in [1.54, 1.807) is 13.1 Å². The molecular formula is C26H44N4O3. The minimum Gasteiger partial charge on any atom is -0.393 e. The van der Waals surface area contributed by atoms with Gasteiger partial charge >= 0.3 is 0 Å². The van der Waals surface area contributed by atoms with Gasteiger partial charge in [0.2, 0.25) is 6.23 Å². The Morgan fingerprint density at radius 1 is 1.06 bits per heavy atom. The monoisotopic (exact) mass is 460 g/mol. The summed E-state index contributed by atoms with van der Waals surface area (Å²) in [5.41, 5.74) is 11.3. The van der Waals surface area contributed by atoms with Gasteiger partial charge in [0.25, 0.3) is 0 Å². The second kappa shape index (κ2) is 8.88. The SMILES string of the molecule is CC(/C=N/OC(C)N=C(N)N)=C\[C@H]1CC[C@]2(O)[C@@H]3CC[C@@H]4C[C@@H](O)CC[C@]4(C)[C@H]3CC[C@]12C. The van der Waals surface area contributed by atoms with Crippen LogP contribution in [0.5, 0.6) is 0 Å². The molecule has 7 heteroatoms. The van der Waals surface area contributed by atoms with E-state index in [1.807, 2.05) is 6.92 Å². The minimum absolute atomic E-state index is 0.0222. The average molecular weight is 461 g/mol. The van der Waals surface area contributed by atoms with Crippen LogP contribution in [0, 0.1) is 34.5 Å². The van der Waals surface area contributed by atoms with E-state index in [9.17, 15) is 10.2 Å². The highest BCUT2D eigenvalue weighted by molar-refractivity contribution is 5.77. The number of aliphatic imine (C=N–C) groups is 1. The third-order valence-corrected chi connectivity index (χ3v) is 10.2. The first-order valence-electron chi connectivity index (χ1n) is 12.9. The van der Waals surface area contributed by atoms with Gasteiger partial charge in [0.1, 0.15) is 0 Å². The van der Waals surface area contributed by atoms with Crippen molar-refractivity contribution in [2.45, 2.75) is 103 Å². The lowest BCUT2D eigenvalue weighted by Gasteiger charge is -2.63. The number of aliphatic hydroxyl groups is 2. The van der Waals surface area contributed by atoms with Crippen molar-refractivity contribution in [1.29, 1.82) is 0 Å². The van der Waals surface area contributed by atoms with E-state index in [-0.39, 0.29) is 22.9 Å². The molecule has 1 unspecified atom stereocenters. The molecule has 0 aromatic carbocycles. The molecule has 0 heterocycles. The van der Waals surface area contributed by atoms with Crippen LogP contribution in [0.1, 0.15) is 85.5 Å². The maximum Gasteiger partial charge on any atom is 0.217 e. The van der Waals surface area contributed by atoms with Crippen molar-refractivity contribution in [1.82, 2.24) is 0 Å². The Labute approximate surface area is 198 Å². The molecule has 7 nitrogen and oxygen atoms in total. The predicted molar refractivity (Wildman–Crippen MR) is 131 cm³/mol. The number of allylic oxidation sites excluding steroid dienone is 2. The lowest BCUT2D eigenvalue weighted by molar-refractivity contribution is -0.207. The number of rotatable bonds is 5. The maximum absolute atomic E-state index is 12.3. The van der Waals surface area contributed by atoms with Crippen LogP contribution in [-0.2, 0) is 4.84 Å². The Kier molecular flexibility index (Phi) is 6.60. The van der Waals surface area contributed by atoms with Gasteiger partial charge in [-0.15, -0.1) is 0 Å². The molecule has 33 heavy (non-hydrogen) atoms. The highest BCUT2D eigenvalue weighted by atomic mass is 16.6. The first-order valence-corrected chi connectivity index (χ1v) is 12.9. The highest BCUT2D eigenvalue weighted by Gasteiger charge is 2.66. The lowest BCUT2D eigenvalue weighted by Crippen LogP contribution is -2.62. The number of oxime groups is 1. The summed E-state index contributed by atoms with van der Waals surface area (Å²) in [5.74, 6) is 1.84. The number of nitrogens with two attached hydrogens (primary N) is 2. The van der Waals surface area contributed by atoms with E-state index >= 15 is 0 Å². The quantitative estimate of drug-likeness (QED) is 0.283. The van der Waals surface area contributed by atoms with Crippen molar-refractivity contribution in [2.75, 3.05) is 0 Å². The molecule has 9 atom stereocenters. The molecular weight excluding hydrogens is 416 g/mol. The summed E-state index contributed by atoms with van der Waals surface area (Å²) in [6, 6.07) is 0. The summed E-state index contributed by atoms with van der Waals surface area (Å²) < 4.78 is 0. The standard InChI is InChI=1S/C26H44N4O3/c1-16(15-29-33-17(2)30-23(27)28)13-19-7-12-26(32)22-6-5-18-14-20(31)8-10-24(18,3)21(22)9-11-25(19,26)4/h13,15,17-22,31-32H,5-12,14H2,1-4H3,(H4,27,28,30)/b16-13+,29-15+/t17?,18-,19-,20+,21+,22-,24+,25-,26+/m1/s1. The third kappa shape index (κ3) is 4.20. The van der Waals surface area contributed by atoms with Gasteiger partial charge in [-0.05, 0) is 106 Å². The first-order chi connectivity index (χ1) is 15.5. The smallest absolute Gasteiger partial charge is 0.217 e. The molecule has 4 saturated carbocycles. The molecule has 4 rings (SSSR count). The Morgan fingerprint density at radius 2 is 1.82 bits per heavy atom. The fourth-order valence-corrected chi connectivity index (χ4v) is 8.31. The highest BCUT2D eigenvalue weighted by Crippen LogP contribution is 2.69. The fourth-order valence-electron chi connectivity index (χ4n) is 8.31. The largest absolute Gasteiger partial charge is 0.393 e. The van der Waals surface area contributed by atoms with Crippen LogP contribution in [0.4, 0.5) is 0 Å². The molecule has 4 aliphatic rings. The maximum atomic E-state index is 12.3. The zero-order valence-corrected chi connectivity index (χ0v) is 20.8. The van der Waals surface area contributed by atoms with E-state index in [1.165, 1.54) is 6.42 Å². The fraction of sp³-hybridized carbons (Fsp3) is 0.846. The third-order valence-electron chi connectivity index (χ3n) is 10.2. The Balaban J connectivity index is 1.49. The molecule has 4 fully saturated rings. The van der Waals surface area contributed by atoms with Crippen LogP contribution in [0.25, 0.3) is 0 Å². The van der Waals surface area contributed by atoms with Crippen LogP contribution < -0.4 is 11.5 Å². The van der Waals surface area contributed by atoms with Crippen molar-refractivity contribution < 1.29 is 15.1 Å². The summed E-state index contributed by atoms with van der Waals surface area (Å²) in [7, 11) is 0. The molecule has 0 amide bonds. The van der Waals surface area contributed by atoms with Crippen LogP contribution in [0.15, 0.2) is 21.8 Å². The average Bonchev–Trinajstić information content (AvgIpc) is 2.99. The van der Waals surface area contributed by atoms with E-state index < -0.39 is 11.8 Å². The Bertz CT molecular complexity index is 824. The Morgan fingerprint density at radius 3 is 2.55 bits per heavy atom. The summed E-state index contributed by atoms with van der Waals surface area (Å²) in [5, 5.41) is 26.6. The summed E-state index contributed by atoms with van der Waals surface area (Å²) >= 11 is 0. The van der Waals surface area contributed by atoms with Crippen LogP contribution in [0.3, 0.4) is 0 Å². The number of nitrogens with zero attached hydrogens (tertiary/aromatic N) is 2. The van der Waals surface area contributed by atoms with Gasteiger partial charge in [-0.3, -0.25) is 0 Å². The number of hydrogen-bond acceptors (Lipinski definition) is 5. The molecule has 0 spiro atoms. The molecule has 186 valence electrons. The second-order valence-corrected chi connectivity index (χ2v) is 11.9. The molecule has 0 aliphatic heterocycles. The second-order valence-electron chi connectivity index (χ2n) is 11.9. The zero-order valence-electron chi connectivity index (χ0n) is 20.8. The van der Waals surface area contributed by atoms with E-state index in [0.29, 0.717) is 23.7 Å².